The first-order valence-corrected chi connectivity index (χ1v) is 18.4. The van der Waals surface area contributed by atoms with Crippen molar-refractivity contribution in [2.45, 2.75) is 142 Å². The van der Waals surface area contributed by atoms with E-state index in [1.165, 1.54) is 87.7 Å². The van der Waals surface area contributed by atoms with Crippen LogP contribution in [0.4, 0.5) is 0 Å². The van der Waals surface area contributed by atoms with Gasteiger partial charge in [0, 0.05) is 0 Å². The summed E-state index contributed by atoms with van der Waals surface area (Å²) in [4.78, 5) is 12.9. The summed E-state index contributed by atoms with van der Waals surface area (Å²) in [5.74, 6) is 0.961. The molecule has 3 aromatic rings. The Bertz CT molecular complexity index is 1340. The monoisotopic (exact) mass is 640 g/mol. The number of rotatable bonds is 20. The fraction of sp³-hybridized carbons (Fsp3) is 0.548. The van der Waals surface area contributed by atoms with E-state index in [2.05, 4.69) is 13.8 Å². The van der Waals surface area contributed by atoms with Gasteiger partial charge in [0.2, 0.25) is 0 Å². The highest BCUT2D eigenvalue weighted by Gasteiger charge is 2.52. The van der Waals surface area contributed by atoms with Crippen LogP contribution in [0.15, 0.2) is 72.8 Å². The number of hydroxylamine groups is 2. The molecular formula is C42H58NO4. The molecule has 0 amide bonds. The Morgan fingerprint density at radius 3 is 1.62 bits per heavy atom. The molecule has 4 rings (SSSR count). The molecule has 255 valence electrons. The van der Waals surface area contributed by atoms with Crippen molar-refractivity contribution in [1.82, 2.24) is 5.06 Å². The van der Waals surface area contributed by atoms with E-state index in [1.54, 1.807) is 12.1 Å². The summed E-state index contributed by atoms with van der Waals surface area (Å²) in [6.07, 6.45) is 19.0. The number of carbonyl (C=O) groups is 1. The summed E-state index contributed by atoms with van der Waals surface area (Å²) >= 11 is 0. The van der Waals surface area contributed by atoms with Crippen molar-refractivity contribution in [3.05, 3.63) is 95.1 Å². The molecule has 1 heterocycles. The maximum Gasteiger partial charge on any atom is 0.343 e. The molecule has 1 radical (unpaired) electrons. The molecule has 1 aliphatic rings. The maximum atomic E-state index is 14.0. The molecule has 0 spiro atoms. The van der Waals surface area contributed by atoms with Crippen molar-refractivity contribution >= 4 is 5.97 Å². The molecule has 0 unspecified atom stereocenters. The van der Waals surface area contributed by atoms with Gasteiger partial charge < -0.3 is 9.47 Å². The lowest BCUT2D eigenvalue weighted by Gasteiger charge is -2.37. The molecule has 5 nitrogen and oxygen atoms in total. The normalized spacial score (nSPS) is 19.6. The highest BCUT2D eigenvalue weighted by atomic mass is 16.5. The van der Waals surface area contributed by atoms with Crippen LogP contribution in [0.3, 0.4) is 0 Å². The summed E-state index contributed by atoms with van der Waals surface area (Å²) in [6.45, 7) is 9.26. The lowest BCUT2D eigenvalue weighted by atomic mass is 9.89. The smallest absolute Gasteiger partial charge is 0.343 e. The fourth-order valence-electron chi connectivity index (χ4n) is 6.88. The zero-order valence-corrected chi connectivity index (χ0v) is 29.5. The number of aryl methyl sites for hydroxylation is 1. The highest BCUT2D eigenvalue weighted by molar-refractivity contribution is 5.91. The minimum atomic E-state index is -0.685. The van der Waals surface area contributed by atoms with E-state index < -0.39 is 11.1 Å². The predicted molar refractivity (Wildman–Crippen MR) is 191 cm³/mol. The highest BCUT2D eigenvalue weighted by Crippen LogP contribution is 2.51. The molecule has 47 heavy (non-hydrogen) atoms. The van der Waals surface area contributed by atoms with Crippen molar-refractivity contribution in [2.75, 3.05) is 6.61 Å². The predicted octanol–water partition coefficient (Wildman–Crippen LogP) is 11.5. The Morgan fingerprint density at radius 1 is 0.617 bits per heavy atom. The topological polar surface area (TPSA) is 58.7 Å². The van der Waals surface area contributed by atoms with Gasteiger partial charge in [-0.05, 0) is 99.0 Å². The number of hydrogen-bond acceptors (Lipinski definition) is 4. The molecule has 5 heteroatoms. The van der Waals surface area contributed by atoms with Gasteiger partial charge in [0.05, 0.1) is 23.2 Å². The van der Waals surface area contributed by atoms with Gasteiger partial charge in [-0.3, -0.25) is 0 Å². The Balaban J connectivity index is 1.26. The number of ether oxygens (including phenoxy) is 2. The van der Waals surface area contributed by atoms with E-state index in [0.717, 1.165) is 49.2 Å². The van der Waals surface area contributed by atoms with Crippen molar-refractivity contribution in [1.29, 1.82) is 0 Å². The first-order valence-electron chi connectivity index (χ1n) is 18.4. The van der Waals surface area contributed by atoms with Gasteiger partial charge in [-0.15, -0.1) is 10.3 Å². The Hall–Kier alpha value is -3.15. The van der Waals surface area contributed by atoms with Crippen LogP contribution in [-0.4, -0.2) is 17.6 Å². The van der Waals surface area contributed by atoms with Crippen LogP contribution >= 0.6 is 0 Å². The largest absolute Gasteiger partial charge is 0.494 e. The second-order valence-corrected chi connectivity index (χ2v) is 14.0. The number of carbonyl (C=O) groups excluding carboxylic acids is 1. The number of benzene rings is 3. The molecule has 1 saturated heterocycles. The molecule has 0 aliphatic carbocycles. The SMILES string of the molecule is CCCCCCCCCc1ccc(C(=O)Oc2ccc([C@]3(C)CC[C@@](C)(c4ccc(OCCCCCCCC)cc4)N3[O])cc2)cc1. The minimum absolute atomic E-state index is 0.371. The van der Waals surface area contributed by atoms with Crippen LogP contribution in [0.2, 0.25) is 0 Å². The van der Waals surface area contributed by atoms with Crippen molar-refractivity contribution in [3.63, 3.8) is 0 Å². The zero-order valence-electron chi connectivity index (χ0n) is 29.5. The molecule has 0 bridgehead atoms. The molecule has 3 aromatic carbocycles. The van der Waals surface area contributed by atoms with Crippen molar-refractivity contribution < 1.29 is 19.5 Å². The summed E-state index contributed by atoms with van der Waals surface area (Å²) in [5.41, 5.74) is 2.40. The van der Waals surface area contributed by atoms with E-state index in [-0.39, 0.29) is 5.97 Å². The molecule has 0 saturated carbocycles. The van der Waals surface area contributed by atoms with Crippen LogP contribution in [0, 0.1) is 0 Å². The third kappa shape index (κ3) is 10.2. The van der Waals surface area contributed by atoms with E-state index in [9.17, 15) is 10.0 Å². The third-order valence-electron chi connectivity index (χ3n) is 10.2. The average Bonchev–Trinajstić information content (AvgIpc) is 3.34. The summed E-state index contributed by atoms with van der Waals surface area (Å²) in [6, 6.07) is 23.3. The maximum absolute atomic E-state index is 14.0. The molecule has 1 fully saturated rings. The number of unbranched alkanes of at least 4 members (excludes halogenated alkanes) is 11. The van der Waals surface area contributed by atoms with E-state index in [1.807, 2.05) is 74.5 Å². The van der Waals surface area contributed by atoms with Gasteiger partial charge in [0.25, 0.3) is 0 Å². The lowest BCUT2D eigenvalue weighted by molar-refractivity contribution is -0.260. The van der Waals surface area contributed by atoms with Gasteiger partial charge in [0.1, 0.15) is 11.5 Å². The quantitative estimate of drug-likeness (QED) is 0.0700. The van der Waals surface area contributed by atoms with E-state index >= 15 is 0 Å². The Labute approximate surface area is 284 Å². The summed E-state index contributed by atoms with van der Waals surface area (Å²) in [7, 11) is 0. The average molecular weight is 641 g/mol. The second-order valence-electron chi connectivity index (χ2n) is 14.0. The number of esters is 1. The third-order valence-corrected chi connectivity index (χ3v) is 10.2. The Kier molecular flexibility index (Phi) is 14.4. The number of hydrogen-bond donors (Lipinski definition) is 0. The lowest BCUT2D eigenvalue weighted by Crippen LogP contribution is -2.44. The fourth-order valence-corrected chi connectivity index (χ4v) is 6.88. The van der Waals surface area contributed by atoms with Crippen LogP contribution in [0.1, 0.15) is 151 Å². The molecular weight excluding hydrogens is 582 g/mol. The van der Waals surface area contributed by atoms with Crippen molar-refractivity contribution in [3.8, 4) is 11.5 Å². The summed E-state index contributed by atoms with van der Waals surface area (Å²) in [5, 5.41) is 15.2. The van der Waals surface area contributed by atoms with Crippen LogP contribution in [-0.2, 0) is 22.7 Å². The number of nitrogens with zero attached hydrogens (tertiary/aromatic N) is 1. The minimum Gasteiger partial charge on any atom is -0.494 e. The van der Waals surface area contributed by atoms with E-state index in [0.29, 0.717) is 11.3 Å². The van der Waals surface area contributed by atoms with Gasteiger partial charge in [-0.2, -0.15) is 0 Å². The van der Waals surface area contributed by atoms with Gasteiger partial charge in [0.15, 0.2) is 0 Å². The van der Waals surface area contributed by atoms with Gasteiger partial charge in [-0.1, -0.05) is 121 Å². The summed E-state index contributed by atoms with van der Waals surface area (Å²) < 4.78 is 11.7. The van der Waals surface area contributed by atoms with Crippen LogP contribution < -0.4 is 9.47 Å². The van der Waals surface area contributed by atoms with E-state index in [4.69, 9.17) is 9.47 Å². The molecule has 1 aliphatic heterocycles. The molecule has 2 atom stereocenters. The zero-order chi connectivity index (χ0) is 33.5. The van der Waals surface area contributed by atoms with Crippen LogP contribution in [0.5, 0.6) is 11.5 Å². The molecule has 0 N–H and O–H groups in total. The first kappa shape index (κ1) is 36.7. The standard InChI is InChI=1S/C42H58NO4/c1-5-7-9-11-13-14-16-18-34-19-21-35(22-20-34)40(44)47-39-29-25-37(26-30-39)42(4)32-31-41(3,43(42)45)36-23-27-38(28-24-36)46-33-17-15-12-10-8-6-2/h19-30H,5-18,31-33H2,1-4H3/t41-,42-/m0/s1. The molecule has 0 aromatic heterocycles. The van der Waals surface area contributed by atoms with Gasteiger partial charge in [-0.25, -0.2) is 4.79 Å². The van der Waals surface area contributed by atoms with Crippen molar-refractivity contribution in [2.24, 2.45) is 0 Å². The van der Waals surface area contributed by atoms with Crippen LogP contribution in [0.25, 0.3) is 0 Å². The Morgan fingerprint density at radius 2 is 1.09 bits per heavy atom. The second kappa shape index (κ2) is 18.4. The first-order chi connectivity index (χ1) is 22.8. The van der Waals surface area contributed by atoms with Gasteiger partial charge >= 0.3 is 5.97 Å².